The summed E-state index contributed by atoms with van der Waals surface area (Å²) in [6, 6.07) is 5.19. The summed E-state index contributed by atoms with van der Waals surface area (Å²) >= 11 is 6.03. The number of hydrogen-bond donors (Lipinski definition) is 1. The average molecular weight is 266 g/mol. The number of amides is 1. The molecule has 1 heterocycles. The maximum absolute atomic E-state index is 11.5. The summed E-state index contributed by atoms with van der Waals surface area (Å²) < 4.78 is 1.49. The average Bonchev–Trinajstić information content (AvgIpc) is 2.86. The Labute approximate surface area is 109 Å². The monoisotopic (exact) mass is 265 g/mol. The number of nitrogens with one attached hydrogen (secondary N) is 1. The van der Waals surface area contributed by atoms with Crippen LogP contribution >= 0.6 is 11.6 Å². The van der Waals surface area contributed by atoms with Crippen molar-refractivity contribution in [2.24, 2.45) is 0 Å². The van der Waals surface area contributed by atoms with Gasteiger partial charge in [-0.25, -0.2) is 4.68 Å². The second-order valence-corrected chi connectivity index (χ2v) is 4.12. The molecule has 1 N–H and O–H groups in total. The second-order valence-electron chi connectivity index (χ2n) is 3.72. The van der Waals surface area contributed by atoms with Crippen molar-refractivity contribution in [2.45, 2.75) is 19.8 Å². The first-order valence-electron chi connectivity index (χ1n) is 5.53. The van der Waals surface area contributed by atoms with Gasteiger partial charge in [-0.15, -0.1) is 5.10 Å². The second kappa shape index (κ2) is 5.59. The van der Waals surface area contributed by atoms with E-state index in [0.29, 0.717) is 17.1 Å². The minimum absolute atomic E-state index is 0.0618. The lowest BCUT2D eigenvalue weighted by atomic mass is 10.2. The summed E-state index contributed by atoms with van der Waals surface area (Å²) in [5.74, 6) is -0.0618. The van der Waals surface area contributed by atoms with Crippen LogP contribution in [0.25, 0.3) is 5.69 Å². The lowest BCUT2D eigenvalue weighted by molar-refractivity contribution is -0.116. The number of hydrogen-bond acceptors (Lipinski definition) is 4. The molecule has 1 aromatic carbocycles. The van der Waals surface area contributed by atoms with Gasteiger partial charge in [0.1, 0.15) is 6.33 Å². The zero-order valence-electron chi connectivity index (χ0n) is 9.80. The van der Waals surface area contributed by atoms with E-state index in [1.807, 2.05) is 6.92 Å². The molecule has 0 unspecified atom stereocenters. The Morgan fingerprint density at radius 2 is 2.33 bits per heavy atom. The number of anilines is 1. The quantitative estimate of drug-likeness (QED) is 0.918. The fourth-order valence-electron chi connectivity index (χ4n) is 1.47. The number of benzene rings is 1. The van der Waals surface area contributed by atoms with Crippen molar-refractivity contribution >= 4 is 23.2 Å². The van der Waals surface area contributed by atoms with E-state index in [0.717, 1.165) is 12.1 Å². The van der Waals surface area contributed by atoms with Gasteiger partial charge >= 0.3 is 0 Å². The third-order valence-electron chi connectivity index (χ3n) is 2.31. The van der Waals surface area contributed by atoms with Gasteiger partial charge < -0.3 is 5.32 Å². The molecular formula is C11H12ClN5O. The predicted octanol–water partition coefficient (Wildman–Crippen LogP) is 2.05. The Kier molecular flexibility index (Phi) is 3.88. The fraction of sp³-hybridized carbons (Fsp3) is 0.273. The smallest absolute Gasteiger partial charge is 0.224 e. The Hall–Kier alpha value is -1.95. The van der Waals surface area contributed by atoms with E-state index in [1.165, 1.54) is 11.0 Å². The van der Waals surface area contributed by atoms with E-state index in [1.54, 1.807) is 18.2 Å². The Bertz CT molecular complexity index is 540. The highest BCUT2D eigenvalue weighted by atomic mass is 35.5. The van der Waals surface area contributed by atoms with Crippen molar-refractivity contribution < 1.29 is 4.79 Å². The van der Waals surface area contributed by atoms with Crippen LogP contribution in [0.5, 0.6) is 0 Å². The minimum atomic E-state index is -0.0618. The van der Waals surface area contributed by atoms with Gasteiger partial charge in [-0.05, 0) is 35.0 Å². The molecule has 7 heteroatoms. The van der Waals surface area contributed by atoms with Gasteiger partial charge in [0, 0.05) is 6.42 Å². The van der Waals surface area contributed by atoms with Crippen molar-refractivity contribution in [3.63, 3.8) is 0 Å². The third-order valence-corrected chi connectivity index (χ3v) is 2.64. The lowest BCUT2D eigenvalue weighted by Gasteiger charge is -2.08. The van der Waals surface area contributed by atoms with Gasteiger partial charge in [-0.3, -0.25) is 4.79 Å². The van der Waals surface area contributed by atoms with Crippen molar-refractivity contribution in [3.05, 3.63) is 29.5 Å². The Morgan fingerprint density at radius 3 is 3.00 bits per heavy atom. The molecule has 94 valence electrons. The highest BCUT2D eigenvalue weighted by molar-refractivity contribution is 6.33. The highest BCUT2D eigenvalue weighted by Crippen LogP contribution is 2.24. The van der Waals surface area contributed by atoms with Gasteiger partial charge in [0.15, 0.2) is 0 Å². The molecule has 2 aromatic rings. The van der Waals surface area contributed by atoms with Crippen LogP contribution in [0, 0.1) is 0 Å². The largest absolute Gasteiger partial charge is 0.325 e. The molecule has 0 aliphatic heterocycles. The topological polar surface area (TPSA) is 72.7 Å². The molecule has 2 rings (SSSR count). The summed E-state index contributed by atoms with van der Waals surface area (Å²) in [5, 5.41) is 14.1. The SMILES string of the molecule is CCCC(=O)Nc1cc(-n2cnnn2)ccc1Cl. The summed E-state index contributed by atoms with van der Waals surface area (Å²) in [6.45, 7) is 1.94. The van der Waals surface area contributed by atoms with Gasteiger partial charge in [0.2, 0.25) is 5.91 Å². The highest BCUT2D eigenvalue weighted by Gasteiger charge is 2.07. The number of halogens is 1. The molecule has 6 nitrogen and oxygen atoms in total. The van der Waals surface area contributed by atoms with Crippen LogP contribution in [-0.4, -0.2) is 26.1 Å². The van der Waals surface area contributed by atoms with Crippen LogP contribution < -0.4 is 5.32 Å². The number of carbonyl (C=O) groups is 1. The zero-order valence-corrected chi connectivity index (χ0v) is 10.6. The van der Waals surface area contributed by atoms with Crippen LogP contribution in [0.4, 0.5) is 5.69 Å². The van der Waals surface area contributed by atoms with Crippen LogP contribution in [0.2, 0.25) is 5.02 Å². The molecule has 0 fully saturated rings. The van der Waals surface area contributed by atoms with E-state index in [4.69, 9.17) is 11.6 Å². The molecule has 0 atom stereocenters. The number of carbonyl (C=O) groups excluding carboxylic acids is 1. The molecule has 0 aliphatic carbocycles. The molecule has 0 aliphatic rings. The summed E-state index contributed by atoms with van der Waals surface area (Å²) in [7, 11) is 0. The normalized spacial score (nSPS) is 10.3. The molecule has 0 saturated heterocycles. The molecule has 18 heavy (non-hydrogen) atoms. The molecule has 1 amide bonds. The van der Waals surface area contributed by atoms with Gasteiger partial charge in [0.05, 0.1) is 16.4 Å². The maximum Gasteiger partial charge on any atom is 0.224 e. The summed E-state index contributed by atoms with van der Waals surface area (Å²) in [6.07, 6.45) is 2.72. The van der Waals surface area contributed by atoms with Crippen LogP contribution in [0.3, 0.4) is 0 Å². The molecule has 0 bridgehead atoms. The first-order valence-corrected chi connectivity index (χ1v) is 5.91. The molecule has 0 radical (unpaired) electrons. The first-order chi connectivity index (χ1) is 8.70. The van der Waals surface area contributed by atoms with E-state index in [-0.39, 0.29) is 5.91 Å². The van der Waals surface area contributed by atoms with Crippen molar-refractivity contribution in [1.29, 1.82) is 0 Å². The van der Waals surface area contributed by atoms with E-state index in [9.17, 15) is 4.79 Å². The van der Waals surface area contributed by atoms with E-state index < -0.39 is 0 Å². The number of tetrazole rings is 1. The van der Waals surface area contributed by atoms with Crippen LogP contribution in [-0.2, 0) is 4.79 Å². The van der Waals surface area contributed by atoms with Crippen LogP contribution in [0.1, 0.15) is 19.8 Å². The first kappa shape index (κ1) is 12.5. The van der Waals surface area contributed by atoms with Gasteiger partial charge in [-0.1, -0.05) is 18.5 Å². The minimum Gasteiger partial charge on any atom is -0.325 e. The molecular weight excluding hydrogens is 254 g/mol. The standard InChI is InChI=1S/C11H12ClN5O/c1-2-3-11(18)14-10-6-8(4-5-9(10)12)17-7-13-15-16-17/h4-7H,2-3H2,1H3,(H,14,18). The Balaban J connectivity index is 2.24. The van der Waals surface area contributed by atoms with Crippen LogP contribution in [0.15, 0.2) is 24.5 Å². The number of rotatable bonds is 4. The predicted molar refractivity (Wildman–Crippen MR) is 67.7 cm³/mol. The van der Waals surface area contributed by atoms with Gasteiger partial charge in [-0.2, -0.15) is 0 Å². The lowest BCUT2D eigenvalue weighted by Crippen LogP contribution is -2.11. The molecule has 1 aromatic heterocycles. The summed E-state index contributed by atoms with van der Waals surface area (Å²) in [4.78, 5) is 11.5. The maximum atomic E-state index is 11.5. The van der Waals surface area contributed by atoms with Crippen molar-refractivity contribution in [1.82, 2.24) is 20.2 Å². The summed E-state index contributed by atoms with van der Waals surface area (Å²) in [5.41, 5.74) is 1.29. The zero-order chi connectivity index (χ0) is 13.0. The van der Waals surface area contributed by atoms with E-state index in [2.05, 4.69) is 20.8 Å². The number of nitrogens with zero attached hydrogens (tertiary/aromatic N) is 4. The van der Waals surface area contributed by atoms with Crippen molar-refractivity contribution in [2.75, 3.05) is 5.32 Å². The van der Waals surface area contributed by atoms with Gasteiger partial charge in [0.25, 0.3) is 0 Å². The fourth-order valence-corrected chi connectivity index (χ4v) is 1.64. The van der Waals surface area contributed by atoms with E-state index >= 15 is 0 Å². The van der Waals surface area contributed by atoms with Crippen molar-refractivity contribution in [3.8, 4) is 5.69 Å². The molecule has 0 spiro atoms. The third kappa shape index (κ3) is 2.84. The Morgan fingerprint density at radius 1 is 1.50 bits per heavy atom. The molecule has 0 saturated carbocycles. The number of aromatic nitrogens is 4.